The van der Waals surface area contributed by atoms with Gasteiger partial charge in [-0.05, 0) is 18.6 Å². The summed E-state index contributed by atoms with van der Waals surface area (Å²) >= 11 is 0. The number of carbonyl (C=O) groups excluding carboxylic acids is 1. The van der Waals surface area contributed by atoms with E-state index in [4.69, 9.17) is 14.2 Å². The van der Waals surface area contributed by atoms with Gasteiger partial charge in [0.15, 0.2) is 0 Å². The first-order valence-electron chi connectivity index (χ1n) is 9.24. The molecule has 0 radical (unpaired) electrons. The Bertz CT molecular complexity index is 517. The van der Waals surface area contributed by atoms with Gasteiger partial charge in [0.1, 0.15) is 19.0 Å². The van der Waals surface area contributed by atoms with E-state index in [0.717, 1.165) is 12.8 Å². The summed E-state index contributed by atoms with van der Waals surface area (Å²) in [4.78, 5) is 21.6. The molecular weight excluding hydrogens is 338 g/mol. The van der Waals surface area contributed by atoms with Gasteiger partial charge < -0.3 is 14.2 Å². The van der Waals surface area contributed by atoms with Gasteiger partial charge in [0, 0.05) is 18.6 Å². The number of nitro benzene ring substituents is 1. The molecule has 0 unspecified atom stereocenters. The summed E-state index contributed by atoms with van der Waals surface area (Å²) in [5.41, 5.74) is 0.0244. The molecule has 26 heavy (non-hydrogen) atoms. The van der Waals surface area contributed by atoms with E-state index in [1.165, 1.54) is 37.8 Å². The monoisotopic (exact) mass is 367 g/mol. The summed E-state index contributed by atoms with van der Waals surface area (Å²) < 4.78 is 15.8. The van der Waals surface area contributed by atoms with Crippen molar-refractivity contribution in [3.05, 3.63) is 34.4 Å². The van der Waals surface area contributed by atoms with E-state index in [-0.39, 0.29) is 18.3 Å². The highest BCUT2D eigenvalue weighted by molar-refractivity contribution is 5.69. The highest BCUT2D eigenvalue weighted by Crippen LogP contribution is 2.17. The number of carbonyl (C=O) groups is 1. The quantitative estimate of drug-likeness (QED) is 0.199. The molecule has 0 atom stereocenters. The van der Waals surface area contributed by atoms with Crippen molar-refractivity contribution in [3.63, 3.8) is 0 Å². The Labute approximate surface area is 154 Å². The second-order valence-electron chi connectivity index (χ2n) is 5.95. The zero-order chi connectivity index (χ0) is 19.0. The van der Waals surface area contributed by atoms with Gasteiger partial charge in [0.2, 0.25) is 0 Å². The Morgan fingerprint density at radius 1 is 0.962 bits per heavy atom. The average molecular weight is 367 g/mol. The number of hydrogen-bond donors (Lipinski definition) is 0. The lowest BCUT2D eigenvalue weighted by Crippen LogP contribution is -2.13. The molecule has 0 saturated heterocycles. The first-order valence-corrected chi connectivity index (χ1v) is 9.24. The molecule has 0 saturated carbocycles. The van der Waals surface area contributed by atoms with E-state index in [1.54, 1.807) is 12.1 Å². The molecule has 1 aromatic carbocycles. The summed E-state index contributed by atoms with van der Waals surface area (Å²) in [6.45, 7) is 3.43. The third-order valence-electron chi connectivity index (χ3n) is 3.77. The summed E-state index contributed by atoms with van der Waals surface area (Å²) in [7, 11) is 0. The van der Waals surface area contributed by atoms with Gasteiger partial charge in [-0.1, -0.05) is 39.0 Å². The van der Waals surface area contributed by atoms with Crippen LogP contribution < -0.4 is 4.74 Å². The largest absolute Gasteiger partial charge is 0.491 e. The molecule has 7 nitrogen and oxygen atoms in total. The predicted molar refractivity (Wildman–Crippen MR) is 98.4 cm³/mol. The molecule has 0 bridgehead atoms. The van der Waals surface area contributed by atoms with Crippen LogP contribution in [0.5, 0.6) is 5.75 Å². The van der Waals surface area contributed by atoms with Crippen LogP contribution in [0.3, 0.4) is 0 Å². The zero-order valence-corrected chi connectivity index (χ0v) is 15.5. The van der Waals surface area contributed by atoms with Crippen LogP contribution in [-0.4, -0.2) is 37.3 Å². The summed E-state index contributed by atoms with van der Waals surface area (Å²) in [6, 6.07) is 5.86. The number of nitrogens with zero attached hydrogens (tertiary/aromatic N) is 1. The maximum atomic E-state index is 11.5. The minimum absolute atomic E-state index is 0.0244. The van der Waals surface area contributed by atoms with Crippen molar-refractivity contribution >= 4 is 11.7 Å². The number of nitro groups is 1. The van der Waals surface area contributed by atoms with E-state index < -0.39 is 4.92 Å². The lowest BCUT2D eigenvalue weighted by atomic mass is 10.1. The maximum Gasteiger partial charge on any atom is 0.305 e. The lowest BCUT2D eigenvalue weighted by molar-refractivity contribution is -0.384. The Balaban J connectivity index is 1.94. The van der Waals surface area contributed by atoms with Crippen LogP contribution in [0.15, 0.2) is 24.3 Å². The molecule has 146 valence electrons. The third-order valence-corrected chi connectivity index (χ3v) is 3.77. The number of benzene rings is 1. The summed E-state index contributed by atoms with van der Waals surface area (Å²) in [5.74, 6) is 0.371. The van der Waals surface area contributed by atoms with E-state index in [0.29, 0.717) is 32.0 Å². The van der Waals surface area contributed by atoms with Crippen molar-refractivity contribution in [1.82, 2.24) is 0 Å². The highest BCUT2D eigenvalue weighted by atomic mass is 16.6. The minimum atomic E-state index is -0.458. The summed E-state index contributed by atoms with van der Waals surface area (Å²) in [6.07, 6.45) is 7.32. The molecule has 1 aromatic rings. The van der Waals surface area contributed by atoms with Crippen LogP contribution >= 0.6 is 0 Å². The average Bonchev–Trinajstić information content (AvgIpc) is 2.64. The van der Waals surface area contributed by atoms with Gasteiger partial charge in [-0.2, -0.15) is 0 Å². The molecule has 0 aliphatic heterocycles. The van der Waals surface area contributed by atoms with Crippen molar-refractivity contribution in [1.29, 1.82) is 0 Å². The molecule has 0 fully saturated rings. The fraction of sp³-hybridized carbons (Fsp3) is 0.632. The van der Waals surface area contributed by atoms with Crippen LogP contribution in [-0.2, 0) is 14.3 Å². The van der Waals surface area contributed by atoms with Gasteiger partial charge in [-0.3, -0.25) is 14.9 Å². The number of non-ortho nitro benzene ring substituents is 1. The van der Waals surface area contributed by atoms with Crippen molar-refractivity contribution in [3.8, 4) is 5.75 Å². The van der Waals surface area contributed by atoms with Crippen molar-refractivity contribution in [2.75, 3.05) is 26.4 Å². The number of unbranched alkanes of at least 4 members (excludes halogenated alkanes) is 5. The molecule has 0 heterocycles. The number of ether oxygens (including phenoxy) is 3. The maximum absolute atomic E-state index is 11.5. The SMILES string of the molecule is CCCCCCCCC(=O)OCCOCCOc1ccc([N+](=O)[O-])cc1. The second kappa shape index (κ2) is 14.1. The first-order chi connectivity index (χ1) is 12.6. The molecule has 0 aliphatic rings. The van der Waals surface area contributed by atoms with Gasteiger partial charge in [0.05, 0.1) is 18.1 Å². The van der Waals surface area contributed by atoms with Crippen LogP contribution in [0.4, 0.5) is 5.69 Å². The molecule has 0 aromatic heterocycles. The highest BCUT2D eigenvalue weighted by Gasteiger charge is 2.04. The Morgan fingerprint density at radius 2 is 1.62 bits per heavy atom. The van der Waals surface area contributed by atoms with Crippen LogP contribution in [0.2, 0.25) is 0 Å². The fourth-order valence-electron chi connectivity index (χ4n) is 2.32. The molecular formula is C19H29NO6. The second-order valence-corrected chi connectivity index (χ2v) is 5.95. The molecule has 0 aliphatic carbocycles. The van der Waals surface area contributed by atoms with Gasteiger partial charge in [-0.25, -0.2) is 0 Å². The Hall–Kier alpha value is -2.15. The minimum Gasteiger partial charge on any atom is -0.491 e. The van der Waals surface area contributed by atoms with Gasteiger partial charge in [0.25, 0.3) is 5.69 Å². The molecule has 0 amide bonds. The van der Waals surface area contributed by atoms with E-state index in [2.05, 4.69) is 6.92 Å². The van der Waals surface area contributed by atoms with Gasteiger partial charge >= 0.3 is 5.97 Å². The number of rotatable bonds is 15. The van der Waals surface area contributed by atoms with E-state index in [1.807, 2.05) is 0 Å². The van der Waals surface area contributed by atoms with Crippen LogP contribution in [0.25, 0.3) is 0 Å². The van der Waals surface area contributed by atoms with Crippen LogP contribution in [0, 0.1) is 10.1 Å². The Morgan fingerprint density at radius 3 is 2.31 bits per heavy atom. The Kier molecular flexibility index (Phi) is 11.8. The molecule has 0 spiro atoms. The van der Waals surface area contributed by atoms with Crippen molar-refractivity contribution in [2.45, 2.75) is 51.9 Å². The van der Waals surface area contributed by atoms with Gasteiger partial charge in [-0.15, -0.1) is 0 Å². The number of esters is 1. The normalized spacial score (nSPS) is 10.5. The predicted octanol–water partition coefficient (Wildman–Crippen LogP) is 4.28. The van der Waals surface area contributed by atoms with Crippen LogP contribution in [0.1, 0.15) is 51.9 Å². The van der Waals surface area contributed by atoms with Crippen molar-refractivity contribution < 1.29 is 23.9 Å². The standard InChI is InChI=1S/C19H29NO6/c1-2-3-4-5-6-7-8-19(21)26-16-14-24-13-15-25-18-11-9-17(10-12-18)20(22)23/h9-12H,2-8,13-16H2,1H3. The number of hydrogen-bond acceptors (Lipinski definition) is 6. The first kappa shape index (κ1) is 21.9. The lowest BCUT2D eigenvalue weighted by Gasteiger charge is -2.08. The van der Waals surface area contributed by atoms with E-state index >= 15 is 0 Å². The topological polar surface area (TPSA) is 87.9 Å². The zero-order valence-electron chi connectivity index (χ0n) is 15.5. The van der Waals surface area contributed by atoms with E-state index in [9.17, 15) is 14.9 Å². The smallest absolute Gasteiger partial charge is 0.305 e. The molecule has 1 rings (SSSR count). The van der Waals surface area contributed by atoms with Crippen molar-refractivity contribution in [2.24, 2.45) is 0 Å². The fourth-order valence-corrected chi connectivity index (χ4v) is 2.32. The third kappa shape index (κ3) is 10.7. The molecule has 0 N–H and O–H groups in total. The summed E-state index contributed by atoms with van der Waals surface area (Å²) in [5, 5.41) is 10.5. The molecule has 7 heteroatoms.